The van der Waals surface area contributed by atoms with Gasteiger partial charge in [-0.05, 0) is 49.4 Å². The summed E-state index contributed by atoms with van der Waals surface area (Å²) in [6.45, 7) is 2.07. The molecule has 0 fully saturated rings. The maximum Gasteiger partial charge on any atom is 0.255 e. The summed E-state index contributed by atoms with van der Waals surface area (Å²) in [6, 6.07) is 12.5. The van der Waals surface area contributed by atoms with Crippen LogP contribution in [0.15, 0.2) is 47.4 Å². The zero-order valence-corrected chi connectivity index (χ0v) is 15.5. The van der Waals surface area contributed by atoms with Crippen LogP contribution in [0.5, 0.6) is 5.75 Å². The molecule has 2 aromatic carbocycles. The van der Waals surface area contributed by atoms with Crippen LogP contribution in [0, 0.1) is 11.3 Å². The van der Waals surface area contributed by atoms with Crippen molar-refractivity contribution in [2.24, 2.45) is 0 Å². The van der Waals surface area contributed by atoms with Crippen LogP contribution in [-0.2, 0) is 10.0 Å². The molecule has 0 bridgehead atoms. The second-order valence-corrected chi connectivity index (χ2v) is 7.65. The standard InChI is InChI=1S/C18H19N3O4S/c1-4-25-16-10-9-15(11-17(16)26(23,24)21(2)3)20-18(22)14-7-5-13(12-19)6-8-14/h5-11H,4H2,1-3H3,(H,20,22). The number of anilines is 1. The van der Waals surface area contributed by atoms with Crippen LogP contribution in [0.4, 0.5) is 5.69 Å². The van der Waals surface area contributed by atoms with E-state index in [0.717, 1.165) is 4.31 Å². The Morgan fingerprint density at radius 2 is 1.85 bits per heavy atom. The highest BCUT2D eigenvalue weighted by Gasteiger charge is 2.23. The molecule has 0 saturated heterocycles. The van der Waals surface area contributed by atoms with Crippen molar-refractivity contribution >= 4 is 21.6 Å². The lowest BCUT2D eigenvalue weighted by molar-refractivity contribution is 0.102. The van der Waals surface area contributed by atoms with Crippen LogP contribution in [0.2, 0.25) is 0 Å². The zero-order chi connectivity index (χ0) is 19.3. The molecule has 0 atom stereocenters. The van der Waals surface area contributed by atoms with Crippen LogP contribution in [0.3, 0.4) is 0 Å². The number of hydrogen-bond acceptors (Lipinski definition) is 5. The highest BCUT2D eigenvalue weighted by Crippen LogP contribution is 2.29. The molecule has 0 aromatic heterocycles. The molecule has 2 rings (SSSR count). The smallest absolute Gasteiger partial charge is 0.255 e. The lowest BCUT2D eigenvalue weighted by Gasteiger charge is -2.16. The molecule has 8 heteroatoms. The van der Waals surface area contributed by atoms with Gasteiger partial charge in [0.05, 0.1) is 18.2 Å². The second kappa shape index (κ2) is 7.99. The van der Waals surface area contributed by atoms with Gasteiger partial charge in [-0.3, -0.25) is 4.79 Å². The van der Waals surface area contributed by atoms with Crippen molar-refractivity contribution in [3.05, 3.63) is 53.6 Å². The second-order valence-electron chi connectivity index (χ2n) is 5.53. The predicted molar refractivity (Wildman–Crippen MR) is 97.6 cm³/mol. The molecule has 26 heavy (non-hydrogen) atoms. The highest BCUT2D eigenvalue weighted by atomic mass is 32.2. The molecule has 0 aliphatic rings. The number of ether oxygens (including phenoxy) is 1. The van der Waals surface area contributed by atoms with Gasteiger partial charge < -0.3 is 10.1 Å². The first-order valence-electron chi connectivity index (χ1n) is 7.80. The lowest BCUT2D eigenvalue weighted by atomic mass is 10.1. The third kappa shape index (κ3) is 4.20. The van der Waals surface area contributed by atoms with Gasteiger partial charge in [-0.15, -0.1) is 0 Å². The topological polar surface area (TPSA) is 99.5 Å². The van der Waals surface area contributed by atoms with Crippen LogP contribution in [0.1, 0.15) is 22.8 Å². The highest BCUT2D eigenvalue weighted by molar-refractivity contribution is 7.89. The van der Waals surface area contributed by atoms with E-state index in [2.05, 4.69) is 5.32 Å². The molecular formula is C18H19N3O4S. The van der Waals surface area contributed by atoms with E-state index < -0.39 is 15.9 Å². The molecule has 0 saturated carbocycles. The van der Waals surface area contributed by atoms with Crippen molar-refractivity contribution in [1.29, 1.82) is 5.26 Å². The fourth-order valence-corrected chi connectivity index (χ4v) is 3.21. The van der Waals surface area contributed by atoms with Crippen molar-refractivity contribution in [3.8, 4) is 11.8 Å². The minimum atomic E-state index is -3.74. The van der Waals surface area contributed by atoms with E-state index in [4.69, 9.17) is 10.00 Å². The number of rotatable bonds is 6. The van der Waals surface area contributed by atoms with E-state index in [1.807, 2.05) is 6.07 Å². The predicted octanol–water partition coefficient (Wildman–Crippen LogP) is 2.46. The molecule has 1 N–H and O–H groups in total. The normalized spacial score (nSPS) is 11.0. The molecule has 0 aliphatic carbocycles. The minimum absolute atomic E-state index is 0.0259. The number of sulfonamides is 1. The molecule has 0 radical (unpaired) electrons. The quantitative estimate of drug-likeness (QED) is 0.838. The molecule has 136 valence electrons. The number of hydrogen-bond donors (Lipinski definition) is 1. The largest absolute Gasteiger partial charge is 0.492 e. The van der Waals surface area contributed by atoms with E-state index in [0.29, 0.717) is 23.4 Å². The summed E-state index contributed by atoms with van der Waals surface area (Å²) in [4.78, 5) is 12.3. The monoisotopic (exact) mass is 373 g/mol. The number of benzene rings is 2. The zero-order valence-electron chi connectivity index (χ0n) is 14.7. The van der Waals surface area contributed by atoms with Crippen molar-refractivity contribution in [1.82, 2.24) is 4.31 Å². The van der Waals surface area contributed by atoms with Crippen molar-refractivity contribution in [2.45, 2.75) is 11.8 Å². The SMILES string of the molecule is CCOc1ccc(NC(=O)c2ccc(C#N)cc2)cc1S(=O)(=O)N(C)C. The van der Waals surface area contributed by atoms with E-state index in [-0.39, 0.29) is 10.6 Å². The Bertz CT molecular complexity index is 945. The Morgan fingerprint density at radius 1 is 1.19 bits per heavy atom. The van der Waals surface area contributed by atoms with Gasteiger partial charge in [0.2, 0.25) is 10.0 Å². The maximum atomic E-state index is 12.5. The fraction of sp³-hybridized carbons (Fsp3) is 0.222. The molecule has 0 unspecified atom stereocenters. The minimum Gasteiger partial charge on any atom is -0.492 e. The fourth-order valence-electron chi connectivity index (χ4n) is 2.16. The van der Waals surface area contributed by atoms with Gasteiger partial charge >= 0.3 is 0 Å². The Balaban J connectivity index is 2.35. The van der Waals surface area contributed by atoms with E-state index in [1.165, 1.54) is 50.5 Å². The average molecular weight is 373 g/mol. The number of carbonyl (C=O) groups is 1. The average Bonchev–Trinajstić information content (AvgIpc) is 2.63. The van der Waals surface area contributed by atoms with Crippen LogP contribution >= 0.6 is 0 Å². The number of nitrogens with zero attached hydrogens (tertiary/aromatic N) is 2. The van der Waals surface area contributed by atoms with Gasteiger partial charge in [0, 0.05) is 25.3 Å². The Labute approximate surface area is 152 Å². The summed E-state index contributed by atoms with van der Waals surface area (Å²) < 4.78 is 31.5. The summed E-state index contributed by atoms with van der Waals surface area (Å²) in [6.07, 6.45) is 0. The Hall–Kier alpha value is -2.89. The molecule has 2 aromatic rings. The van der Waals surface area contributed by atoms with Gasteiger partial charge in [-0.1, -0.05) is 0 Å². The first-order valence-corrected chi connectivity index (χ1v) is 9.24. The number of nitrogens with one attached hydrogen (secondary N) is 1. The summed E-state index contributed by atoms with van der Waals surface area (Å²) in [5.74, 6) is -0.190. The van der Waals surface area contributed by atoms with Gasteiger partial charge in [0.25, 0.3) is 5.91 Å². The van der Waals surface area contributed by atoms with Crippen LogP contribution in [0.25, 0.3) is 0 Å². The van der Waals surface area contributed by atoms with Gasteiger partial charge in [0.1, 0.15) is 10.6 Å². The first kappa shape index (κ1) is 19.4. The number of nitriles is 1. The summed E-state index contributed by atoms with van der Waals surface area (Å²) in [5.41, 5.74) is 1.13. The first-order chi connectivity index (χ1) is 12.3. The van der Waals surface area contributed by atoms with Gasteiger partial charge in [-0.25, -0.2) is 12.7 Å². The maximum absolute atomic E-state index is 12.5. The van der Waals surface area contributed by atoms with E-state index in [1.54, 1.807) is 13.0 Å². The van der Waals surface area contributed by atoms with Gasteiger partial charge in [-0.2, -0.15) is 5.26 Å². The van der Waals surface area contributed by atoms with E-state index in [9.17, 15) is 13.2 Å². The summed E-state index contributed by atoms with van der Waals surface area (Å²) >= 11 is 0. The van der Waals surface area contributed by atoms with Crippen LogP contribution < -0.4 is 10.1 Å². The van der Waals surface area contributed by atoms with Crippen molar-refractivity contribution in [3.63, 3.8) is 0 Å². The molecule has 1 amide bonds. The lowest BCUT2D eigenvalue weighted by Crippen LogP contribution is -2.23. The molecule has 0 spiro atoms. The summed E-state index contributed by atoms with van der Waals surface area (Å²) in [5, 5.41) is 11.5. The molecule has 0 heterocycles. The van der Waals surface area contributed by atoms with Gasteiger partial charge in [0.15, 0.2) is 0 Å². The molecule has 0 aliphatic heterocycles. The number of amides is 1. The molecule has 7 nitrogen and oxygen atoms in total. The molecular weight excluding hydrogens is 354 g/mol. The third-order valence-corrected chi connectivity index (χ3v) is 5.37. The Kier molecular flexibility index (Phi) is 5.97. The van der Waals surface area contributed by atoms with E-state index >= 15 is 0 Å². The number of carbonyl (C=O) groups excluding carboxylic acids is 1. The van der Waals surface area contributed by atoms with Crippen molar-refractivity contribution < 1.29 is 17.9 Å². The summed E-state index contributed by atoms with van der Waals surface area (Å²) in [7, 11) is -0.893. The van der Waals surface area contributed by atoms with Crippen molar-refractivity contribution in [2.75, 3.05) is 26.0 Å². The third-order valence-electron chi connectivity index (χ3n) is 3.54. The van der Waals surface area contributed by atoms with Crippen LogP contribution in [-0.4, -0.2) is 39.3 Å². The Morgan fingerprint density at radius 3 is 2.38 bits per heavy atom.